The number of hydrogen-bond donors (Lipinski definition) is 2. The van der Waals surface area contributed by atoms with Crippen molar-refractivity contribution in [3.8, 4) is 0 Å². The van der Waals surface area contributed by atoms with Crippen molar-refractivity contribution in [2.45, 2.75) is 25.8 Å². The topological polar surface area (TPSA) is 80.4 Å². The number of aromatic nitrogens is 1. The highest BCUT2D eigenvalue weighted by Crippen LogP contribution is 2.23. The Bertz CT molecular complexity index is 680. The molecule has 1 unspecified atom stereocenters. The smallest absolute Gasteiger partial charge is 0.408 e. The Balaban J connectivity index is 2.30. The molecule has 6 nitrogen and oxygen atoms in total. The van der Waals surface area contributed by atoms with Crippen molar-refractivity contribution < 1.29 is 19.1 Å². The molecule has 0 spiro atoms. The van der Waals surface area contributed by atoms with E-state index in [1.807, 2.05) is 30.5 Å². The fourth-order valence-electron chi connectivity index (χ4n) is 2.44. The fraction of sp³-hybridized carbons (Fsp3) is 0.375. The average molecular weight is 304 g/mol. The van der Waals surface area contributed by atoms with E-state index in [2.05, 4.69) is 10.3 Å². The van der Waals surface area contributed by atoms with Gasteiger partial charge in [-0.25, -0.2) is 9.59 Å². The molecule has 1 atom stereocenters. The van der Waals surface area contributed by atoms with Gasteiger partial charge in [-0.3, -0.25) is 0 Å². The highest BCUT2D eigenvalue weighted by Gasteiger charge is 2.37. The monoisotopic (exact) mass is 304 g/mol. The molecule has 22 heavy (non-hydrogen) atoms. The van der Waals surface area contributed by atoms with Crippen LogP contribution in [0.15, 0.2) is 30.5 Å². The summed E-state index contributed by atoms with van der Waals surface area (Å²) >= 11 is 0. The second-order valence-electron chi connectivity index (χ2n) is 5.21. The van der Waals surface area contributed by atoms with Crippen molar-refractivity contribution in [2.24, 2.45) is 0 Å². The number of para-hydroxylation sites is 1. The van der Waals surface area contributed by atoms with Gasteiger partial charge in [-0.15, -0.1) is 0 Å². The van der Waals surface area contributed by atoms with Crippen molar-refractivity contribution in [1.29, 1.82) is 0 Å². The summed E-state index contributed by atoms with van der Waals surface area (Å²) in [4.78, 5) is 27.0. The number of nitrogens with one attached hydrogen (secondary N) is 2. The number of carbonyl (C=O) groups is 2. The minimum atomic E-state index is -1.20. The molecule has 1 aromatic heterocycles. The van der Waals surface area contributed by atoms with Crippen LogP contribution in [0.4, 0.5) is 4.79 Å². The maximum absolute atomic E-state index is 12.1. The molecule has 0 aliphatic heterocycles. The third-order valence-electron chi connectivity index (χ3n) is 3.51. The molecule has 0 fully saturated rings. The minimum Gasteiger partial charge on any atom is -0.467 e. The summed E-state index contributed by atoms with van der Waals surface area (Å²) in [6.07, 6.45) is 1.48. The summed E-state index contributed by atoms with van der Waals surface area (Å²) in [5.74, 6) is -0.522. The molecule has 0 radical (unpaired) electrons. The van der Waals surface area contributed by atoms with Crippen molar-refractivity contribution in [1.82, 2.24) is 10.3 Å². The predicted molar refractivity (Wildman–Crippen MR) is 82.6 cm³/mol. The maximum Gasteiger partial charge on any atom is 0.408 e. The first-order valence-corrected chi connectivity index (χ1v) is 7.08. The predicted octanol–water partition coefficient (Wildman–Crippen LogP) is 2.39. The van der Waals surface area contributed by atoms with Gasteiger partial charge in [0.25, 0.3) is 0 Å². The SMILES string of the molecule is CCOC(=O)NC(C)(Cc1c[nH]c2ccccc12)C(=O)OC. The molecule has 0 aliphatic rings. The Labute approximate surface area is 128 Å². The second-order valence-corrected chi connectivity index (χ2v) is 5.21. The molecule has 118 valence electrons. The number of methoxy groups -OCH3 is 1. The summed E-state index contributed by atoms with van der Waals surface area (Å²) in [7, 11) is 1.29. The normalized spacial score (nSPS) is 13.4. The Morgan fingerprint density at radius 2 is 2.05 bits per heavy atom. The van der Waals surface area contributed by atoms with E-state index in [-0.39, 0.29) is 6.61 Å². The van der Waals surface area contributed by atoms with Crippen molar-refractivity contribution in [3.05, 3.63) is 36.0 Å². The van der Waals surface area contributed by atoms with Gasteiger partial charge < -0.3 is 19.8 Å². The lowest BCUT2D eigenvalue weighted by atomic mass is 9.92. The van der Waals surface area contributed by atoms with E-state index in [4.69, 9.17) is 9.47 Å². The summed E-state index contributed by atoms with van der Waals surface area (Å²) < 4.78 is 9.71. The van der Waals surface area contributed by atoms with Crippen molar-refractivity contribution in [2.75, 3.05) is 13.7 Å². The van der Waals surface area contributed by atoms with Crippen molar-refractivity contribution >= 4 is 23.0 Å². The van der Waals surface area contributed by atoms with Crippen LogP contribution in [-0.2, 0) is 20.7 Å². The summed E-state index contributed by atoms with van der Waals surface area (Å²) in [5.41, 5.74) is 0.688. The van der Waals surface area contributed by atoms with Crippen LogP contribution in [0.3, 0.4) is 0 Å². The van der Waals surface area contributed by atoms with Crippen LogP contribution in [0, 0.1) is 0 Å². The highest BCUT2D eigenvalue weighted by molar-refractivity contribution is 5.88. The zero-order chi connectivity index (χ0) is 16.2. The van der Waals surface area contributed by atoms with Crippen LogP contribution in [0.25, 0.3) is 10.9 Å². The molecule has 6 heteroatoms. The number of aromatic amines is 1. The molecule has 1 aromatic carbocycles. The van der Waals surface area contributed by atoms with E-state index in [1.165, 1.54) is 7.11 Å². The average Bonchev–Trinajstić information content (AvgIpc) is 2.89. The van der Waals surface area contributed by atoms with Gasteiger partial charge in [-0.2, -0.15) is 0 Å². The third-order valence-corrected chi connectivity index (χ3v) is 3.51. The quantitative estimate of drug-likeness (QED) is 0.831. The number of ether oxygens (including phenoxy) is 2. The van der Waals surface area contributed by atoms with E-state index in [0.717, 1.165) is 16.5 Å². The van der Waals surface area contributed by atoms with Gasteiger partial charge in [0, 0.05) is 23.5 Å². The summed E-state index contributed by atoms with van der Waals surface area (Å²) in [6, 6.07) is 7.77. The molecular weight excluding hydrogens is 284 g/mol. The van der Waals surface area contributed by atoms with Crippen LogP contribution < -0.4 is 5.32 Å². The molecule has 0 saturated carbocycles. The standard InChI is InChI=1S/C16H20N2O4/c1-4-22-15(20)18-16(2,14(19)21-3)9-11-10-17-13-8-6-5-7-12(11)13/h5-8,10,17H,4,9H2,1-3H3,(H,18,20). The van der Waals surface area contributed by atoms with Crippen LogP contribution >= 0.6 is 0 Å². The number of H-pyrrole nitrogens is 1. The largest absolute Gasteiger partial charge is 0.467 e. The number of hydrogen-bond acceptors (Lipinski definition) is 4. The molecule has 2 N–H and O–H groups in total. The molecule has 1 amide bonds. The summed E-state index contributed by atoms with van der Waals surface area (Å²) in [6.45, 7) is 3.56. The summed E-state index contributed by atoms with van der Waals surface area (Å²) in [5, 5.41) is 3.60. The zero-order valence-corrected chi connectivity index (χ0v) is 12.9. The Morgan fingerprint density at radius 1 is 1.32 bits per heavy atom. The molecular formula is C16H20N2O4. The Hall–Kier alpha value is -2.50. The van der Waals surface area contributed by atoms with E-state index < -0.39 is 17.6 Å². The van der Waals surface area contributed by atoms with E-state index >= 15 is 0 Å². The van der Waals surface area contributed by atoms with Crippen LogP contribution in [0.2, 0.25) is 0 Å². The number of fused-ring (bicyclic) bond motifs is 1. The van der Waals surface area contributed by atoms with Crippen LogP contribution in [-0.4, -0.2) is 36.3 Å². The zero-order valence-electron chi connectivity index (χ0n) is 12.9. The van der Waals surface area contributed by atoms with Gasteiger partial charge in [0.1, 0.15) is 5.54 Å². The van der Waals surface area contributed by atoms with E-state index in [0.29, 0.717) is 6.42 Å². The highest BCUT2D eigenvalue weighted by atomic mass is 16.6. The second kappa shape index (κ2) is 6.51. The minimum absolute atomic E-state index is 0.232. The van der Waals surface area contributed by atoms with Crippen LogP contribution in [0.1, 0.15) is 19.4 Å². The molecule has 2 aromatic rings. The third kappa shape index (κ3) is 3.21. The number of amides is 1. The number of rotatable bonds is 5. The maximum atomic E-state index is 12.1. The lowest BCUT2D eigenvalue weighted by Gasteiger charge is -2.27. The van der Waals surface area contributed by atoms with Crippen LogP contribution in [0.5, 0.6) is 0 Å². The van der Waals surface area contributed by atoms with Gasteiger partial charge in [0.15, 0.2) is 0 Å². The number of esters is 1. The van der Waals surface area contributed by atoms with Gasteiger partial charge in [-0.05, 0) is 25.5 Å². The first-order valence-electron chi connectivity index (χ1n) is 7.08. The van der Waals surface area contributed by atoms with Gasteiger partial charge in [-0.1, -0.05) is 18.2 Å². The first-order chi connectivity index (χ1) is 10.5. The van der Waals surface area contributed by atoms with Gasteiger partial charge in [0.05, 0.1) is 13.7 Å². The first kappa shape index (κ1) is 15.9. The molecule has 2 rings (SSSR count). The van der Waals surface area contributed by atoms with Crippen molar-refractivity contribution in [3.63, 3.8) is 0 Å². The fourth-order valence-corrected chi connectivity index (χ4v) is 2.44. The Kier molecular flexibility index (Phi) is 4.70. The lowest BCUT2D eigenvalue weighted by Crippen LogP contribution is -2.54. The number of benzene rings is 1. The van der Waals surface area contributed by atoms with Gasteiger partial charge >= 0.3 is 12.1 Å². The number of carbonyl (C=O) groups excluding carboxylic acids is 2. The number of alkyl carbamates (subject to hydrolysis) is 1. The molecule has 0 aliphatic carbocycles. The van der Waals surface area contributed by atoms with Gasteiger partial charge in [0.2, 0.25) is 0 Å². The van der Waals surface area contributed by atoms with E-state index in [1.54, 1.807) is 13.8 Å². The van der Waals surface area contributed by atoms with E-state index in [9.17, 15) is 9.59 Å². The molecule has 1 heterocycles. The molecule has 0 bridgehead atoms. The molecule has 0 saturated heterocycles. The lowest BCUT2D eigenvalue weighted by molar-refractivity contribution is -0.147. The Morgan fingerprint density at radius 3 is 2.73 bits per heavy atom.